The number of aromatic nitrogens is 2. The lowest BCUT2D eigenvalue weighted by Gasteiger charge is -1.95. The number of anilines is 1. The summed E-state index contributed by atoms with van der Waals surface area (Å²) in [7, 11) is 0. The van der Waals surface area contributed by atoms with E-state index in [1.54, 1.807) is 0 Å². The van der Waals surface area contributed by atoms with E-state index in [9.17, 15) is 0 Å². The molecule has 0 unspecified atom stereocenters. The second-order valence-corrected chi connectivity index (χ2v) is 3.29. The number of hydrogen-bond donors (Lipinski definition) is 1. The smallest absolute Gasteiger partial charge is 0.318 e. The van der Waals surface area contributed by atoms with Gasteiger partial charge in [-0.05, 0) is 17.7 Å². The summed E-state index contributed by atoms with van der Waals surface area (Å²) in [4.78, 5) is 3.90. The standard InChI is InChI=1S/C9H8ClN3O/c10-7-3-1-6(2-4-7)5-8-12-9(11)14-13-8/h1-4H,5H2,(H2,11,12,13). The van der Waals surface area contributed by atoms with E-state index in [0.29, 0.717) is 17.3 Å². The normalized spacial score (nSPS) is 10.4. The topological polar surface area (TPSA) is 64.9 Å². The van der Waals surface area contributed by atoms with Crippen molar-refractivity contribution in [3.8, 4) is 0 Å². The Kier molecular flexibility index (Phi) is 2.37. The molecule has 1 aromatic heterocycles. The molecule has 0 spiro atoms. The monoisotopic (exact) mass is 209 g/mol. The zero-order valence-electron chi connectivity index (χ0n) is 7.27. The van der Waals surface area contributed by atoms with Crippen LogP contribution in [0, 0.1) is 0 Å². The molecule has 0 saturated heterocycles. The van der Waals surface area contributed by atoms with Crippen molar-refractivity contribution < 1.29 is 4.52 Å². The quantitative estimate of drug-likeness (QED) is 0.821. The summed E-state index contributed by atoms with van der Waals surface area (Å²) in [6.07, 6.45) is 0.595. The van der Waals surface area contributed by atoms with Gasteiger partial charge in [0.25, 0.3) is 0 Å². The summed E-state index contributed by atoms with van der Waals surface area (Å²) in [6, 6.07) is 7.55. The van der Waals surface area contributed by atoms with Gasteiger partial charge in [-0.3, -0.25) is 0 Å². The largest absolute Gasteiger partial charge is 0.351 e. The first kappa shape index (κ1) is 9.02. The molecule has 72 valence electrons. The molecule has 2 N–H and O–H groups in total. The number of halogens is 1. The lowest BCUT2D eigenvalue weighted by molar-refractivity contribution is 0.428. The average Bonchev–Trinajstić information content (AvgIpc) is 2.56. The number of rotatable bonds is 2. The Morgan fingerprint density at radius 3 is 2.57 bits per heavy atom. The van der Waals surface area contributed by atoms with Gasteiger partial charge in [-0.2, -0.15) is 4.98 Å². The molecule has 0 aliphatic heterocycles. The molecule has 0 fully saturated rings. The highest BCUT2D eigenvalue weighted by atomic mass is 35.5. The predicted octanol–water partition coefficient (Wildman–Crippen LogP) is 1.90. The molecule has 2 aromatic rings. The zero-order valence-corrected chi connectivity index (χ0v) is 8.03. The van der Waals surface area contributed by atoms with Crippen molar-refractivity contribution in [3.63, 3.8) is 0 Å². The molecule has 0 saturated carbocycles. The number of nitrogens with zero attached hydrogens (tertiary/aromatic N) is 2. The second kappa shape index (κ2) is 3.67. The minimum atomic E-state index is 0.0916. The maximum absolute atomic E-state index is 5.75. The number of hydrogen-bond acceptors (Lipinski definition) is 4. The fourth-order valence-corrected chi connectivity index (χ4v) is 1.25. The fourth-order valence-electron chi connectivity index (χ4n) is 1.12. The van der Waals surface area contributed by atoms with Gasteiger partial charge in [0.1, 0.15) is 0 Å². The highest BCUT2D eigenvalue weighted by molar-refractivity contribution is 6.30. The van der Waals surface area contributed by atoms with Crippen molar-refractivity contribution >= 4 is 17.6 Å². The Morgan fingerprint density at radius 1 is 1.29 bits per heavy atom. The minimum absolute atomic E-state index is 0.0916. The Hall–Kier alpha value is -1.55. The summed E-state index contributed by atoms with van der Waals surface area (Å²) in [5, 5.41) is 4.40. The lowest BCUT2D eigenvalue weighted by Crippen LogP contribution is -1.91. The van der Waals surface area contributed by atoms with Crippen molar-refractivity contribution in [1.29, 1.82) is 0 Å². The molecule has 0 atom stereocenters. The van der Waals surface area contributed by atoms with E-state index in [2.05, 4.69) is 14.7 Å². The Labute approximate surface area is 85.7 Å². The molecular weight excluding hydrogens is 202 g/mol. The van der Waals surface area contributed by atoms with Gasteiger partial charge in [0.2, 0.25) is 0 Å². The third-order valence-electron chi connectivity index (χ3n) is 1.76. The van der Waals surface area contributed by atoms with Gasteiger partial charge >= 0.3 is 6.01 Å². The van der Waals surface area contributed by atoms with E-state index in [1.165, 1.54) is 0 Å². The van der Waals surface area contributed by atoms with E-state index in [1.807, 2.05) is 24.3 Å². The average molecular weight is 210 g/mol. The minimum Gasteiger partial charge on any atom is -0.351 e. The van der Waals surface area contributed by atoms with Crippen LogP contribution >= 0.6 is 11.6 Å². The van der Waals surface area contributed by atoms with Gasteiger partial charge < -0.3 is 10.3 Å². The summed E-state index contributed by atoms with van der Waals surface area (Å²) in [5.74, 6) is 0.574. The van der Waals surface area contributed by atoms with Crippen LogP contribution in [0.3, 0.4) is 0 Å². The Morgan fingerprint density at radius 2 is 2.00 bits per heavy atom. The van der Waals surface area contributed by atoms with Crippen LogP contribution in [0.15, 0.2) is 28.8 Å². The van der Waals surface area contributed by atoms with Gasteiger partial charge in [0.15, 0.2) is 5.82 Å². The third-order valence-corrected chi connectivity index (χ3v) is 2.01. The van der Waals surface area contributed by atoms with Crippen LogP contribution in [-0.4, -0.2) is 10.1 Å². The number of benzene rings is 1. The highest BCUT2D eigenvalue weighted by Crippen LogP contribution is 2.12. The van der Waals surface area contributed by atoms with Crippen LogP contribution in [0.25, 0.3) is 0 Å². The first-order chi connectivity index (χ1) is 6.74. The second-order valence-electron chi connectivity index (χ2n) is 2.85. The van der Waals surface area contributed by atoms with E-state index in [4.69, 9.17) is 17.3 Å². The molecule has 1 heterocycles. The molecule has 0 amide bonds. The van der Waals surface area contributed by atoms with Gasteiger partial charge in [0, 0.05) is 11.4 Å². The van der Waals surface area contributed by atoms with Crippen molar-refractivity contribution in [2.75, 3.05) is 5.73 Å². The zero-order chi connectivity index (χ0) is 9.97. The van der Waals surface area contributed by atoms with Crippen molar-refractivity contribution in [3.05, 3.63) is 40.7 Å². The molecule has 4 nitrogen and oxygen atoms in total. The number of nitrogen functional groups attached to an aromatic ring is 1. The molecule has 0 aliphatic rings. The molecule has 0 bridgehead atoms. The predicted molar refractivity (Wildman–Crippen MR) is 53.0 cm³/mol. The van der Waals surface area contributed by atoms with Gasteiger partial charge in [0.05, 0.1) is 0 Å². The molecule has 1 aromatic carbocycles. The fraction of sp³-hybridized carbons (Fsp3) is 0.111. The maximum atomic E-state index is 5.75. The van der Waals surface area contributed by atoms with Gasteiger partial charge in [-0.15, -0.1) is 0 Å². The molecule has 0 aliphatic carbocycles. The number of nitrogens with two attached hydrogens (primary N) is 1. The van der Waals surface area contributed by atoms with Crippen LogP contribution in [0.4, 0.5) is 6.01 Å². The van der Waals surface area contributed by atoms with Crippen molar-refractivity contribution in [1.82, 2.24) is 10.1 Å². The van der Waals surface area contributed by atoms with Crippen LogP contribution in [0.5, 0.6) is 0 Å². The highest BCUT2D eigenvalue weighted by Gasteiger charge is 2.03. The SMILES string of the molecule is Nc1nc(Cc2ccc(Cl)cc2)no1. The molecular formula is C9H8ClN3O. The third kappa shape index (κ3) is 2.03. The molecule has 0 radical (unpaired) electrons. The van der Waals surface area contributed by atoms with Crippen LogP contribution in [0.1, 0.15) is 11.4 Å². The van der Waals surface area contributed by atoms with E-state index in [-0.39, 0.29) is 6.01 Å². The Bertz CT molecular complexity index is 424. The summed E-state index contributed by atoms with van der Waals surface area (Å²) >= 11 is 5.75. The van der Waals surface area contributed by atoms with E-state index < -0.39 is 0 Å². The Balaban J connectivity index is 2.15. The van der Waals surface area contributed by atoms with Crippen LogP contribution in [0.2, 0.25) is 5.02 Å². The first-order valence-corrected chi connectivity index (χ1v) is 4.44. The summed E-state index contributed by atoms with van der Waals surface area (Å²) in [5.41, 5.74) is 6.36. The lowest BCUT2D eigenvalue weighted by atomic mass is 10.1. The van der Waals surface area contributed by atoms with E-state index in [0.717, 1.165) is 5.56 Å². The summed E-state index contributed by atoms with van der Waals surface area (Å²) in [6.45, 7) is 0. The molecule has 5 heteroatoms. The summed E-state index contributed by atoms with van der Waals surface area (Å²) < 4.78 is 4.65. The van der Waals surface area contributed by atoms with Gasteiger partial charge in [-0.1, -0.05) is 28.9 Å². The maximum Gasteiger partial charge on any atom is 0.318 e. The molecule has 14 heavy (non-hydrogen) atoms. The van der Waals surface area contributed by atoms with Crippen LogP contribution < -0.4 is 5.73 Å². The first-order valence-electron chi connectivity index (χ1n) is 4.06. The van der Waals surface area contributed by atoms with E-state index >= 15 is 0 Å². The van der Waals surface area contributed by atoms with Crippen LogP contribution in [-0.2, 0) is 6.42 Å². The molecule has 2 rings (SSSR count). The van der Waals surface area contributed by atoms with Gasteiger partial charge in [-0.25, -0.2) is 0 Å². The van der Waals surface area contributed by atoms with Crippen molar-refractivity contribution in [2.45, 2.75) is 6.42 Å². The van der Waals surface area contributed by atoms with Crippen molar-refractivity contribution in [2.24, 2.45) is 0 Å².